The van der Waals surface area contributed by atoms with E-state index in [9.17, 15) is 4.79 Å². The van der Waals surface area contributed by atoms with Crippen LogP contribution in [0, 0.1) is 0 Å². The van der Waals surface area contributed by atoms with Crippen LogP contribution in [0.1, 0.15) is 0 Å². The highest BCUT2D eigenvalue weighted by atomic mass is 32.2. The number of fused-ring (bicyclic) bond motifs is 1. The molecule has 1 fully saturated rings. The van der Waals surface area contributed by atoms with Crippen molar-refractivity contribution in [3.8, 4) is 0 Å². The summed E-state index contributed by atoms with van der Waals surface area (Å²) >= 11 is 1.81. The van der Waals surface area contributed by atoms with Gasteiger partial charge in [-0.15, -0.1) is 0 Å². The van der Waals surface area contributed by atoms with Gasteiger partial charge in [0.05, 0.1) is 6.04 Å². The van der Waals surface area contributed by atoms with Crippen molar-refractivity contribution >= 4 is 34.1 Å². The summed E-state index contributed by atoms with van der Waals surface area (Å²) in [6.07, 6.45) is 3.55. The predicted octanol–water partition coefficient (Wildman–Crippen LogP) is 1.88. The van der Waals surface area contributed by atoms with E-state index < -0.39 is 0 Å². The van der Waals surface area contributed by atoms with E-state index in [-0.39, 0.29) is 11.9 Å². The quantitative estimate of drug-likeness (QED) is 0.877. The molecule has 1 aromatic carbocycles. The van der Waals surface area contributed by atoms with Gasteiger partial charge in [-0.25, -0.2) is 0 Å². The molecular formula is C14H15N3OS. The number of nitrogens with one attached hydrogen (secondary N) is 2. The van der Waals surface area contributed by atoms with Crippen LogP contribution in [-0.4, -0.2) is 35.0 Å². The SMILES string of the molecule is O=C(Nc1cccc2cnccc12)C1CSCCN1. The van der Waals surface area contributed by atoms with Gasteiger partial charge in [0.2, 0.25) is 5.91 Å². The molecule has 3 rings (SSSR count). The zero-order valence-corrected chi connectivity index (χ0v) is 11.2. The highest BCUT2D eigenvalue weighted by Crippen LogP contribution is 2.22. The van der Waals surface area contributed by atoms with Gasteiger partial charge in [0.15, 0.2) is 0 Å². The summed E-state index contributed by atoms with van der Waals surface area (Å²) in [6, 6.07) is 7.68. The molecule has 0 spiro atoms. The van der Waals surface area contributed by atoms with Gasteiger partial charge >= 0.3 is 0 Å². The average molecular weight is 273 g/mol. The number of hydrogen-bond acceptors (Lipinski definition) is 4. The molecule has 0 aliphatic carbocycles. The number of hydrogen-bond donors (Lipinski definition) is 2. The van der Waals surface area contributed by atoms with Crippen molar-refractivity contribution < 1.29 is 4.79 Å². The molecule has 0 saturated carbocycles. The molecule has 1 saturated heterocycles. The molecule has 1 amide bonds. The lowest BCUT2D eigenvalue weighted by Crippen LogP contribution is -2.46. The van der Waals surface area contributed by atoms with Gasteiger partial charge in [-0.2, -0.15) is 11.8 Å². The van der Waals surface area contributed by atoms with E-state index in [1.807, 2.05) is 36.0 Å². The largest absolute Gasteiger partial charge is 0.324 e. The summed E-state index contributed by atoms with van der Waals surface area (Å²) in [5, 5.41) is 8.31. The minimum atomic E-state index is -0.101. The van der Waals surface area contributed by atoms with Gasteiger partial charge in [-0.3, -0.25) is 9.78 Å². The second kappa shape index (κ2) is 5.59. The standard InChI is InChI=1S/C14H15N3OS/c18-14(13-9-19-7-6-16-13)17-12-3-1-2-10-8-15-5-4-11(10)12/h1-5,8,13,16H,6-7,9H2,(H,17,18). The van der Waals surface area contributed by atoms with E-state index in [4.69, 9.17) is 0 Å². The second-order valence-electron chi connectivity index (χ2n) is 4.47. The molecule has 1 unspecified atom stereocenters. The van der Waals surface area contributed by atoms with E-state index in [0.29, 0.717) is 0 Å². The number of benzene rings is 1. The highest BCUT2D eigenvalue weighted by molar-refractivity contribution is 7.99. The fourth-order valence-corrected chi connectivity index (χ4v) is 3.12. The summed E-state index contributed by atoms with van der Waals surface area (Å²) in [4.78, 5) is 16.3. The predicted molar refractivity (Wildman–Crippen MR) is 79.5 cm³/mol. The second-order valence-corrected chi connectivity index (χ2v) is 5.62. The number of carbonyl (C=O) groups is 1. The first-order valence-corrected chi connectivity index (χ1v) is 7.45. The molecule has 1 atom stereocenters. The maximum absolute atomic E-state index is 12.2. The van der Waals surface area contributed by atoms with Crippen LogP contribution < -0.4 is 10.6 Å². The molecule has 1 aromatic heterocycles. The summed E-state index contributed by atoms with van der Waals surface area (Å²) in [5.74, 6) is 1.94. The zero-order valence-electron chi connectivity index (χ0n) is 10.4. The lowest BCUT2D eigenvalue weighted by Gasteiger charge is -2.22. The number of thioether (sulfide) groups is 1. The van der Waals surface area contributed by atoms with Crippen LogP contribution in [0.4, 0.5) is 5.69 Å². The molecule has 4 nitrogen and oxygen atoms in total. The highest BCUT2D eigenvalue weighted by Gasteiger charge is 2.21. The molecule has 1 aliphatic heterocycles. The number of anilines is 1. The first-order chi connectivity index (χ1) is 9.34. The number of rotatable bonds is 2. The van der Waals surface area contributed by atoms with Crippen LogP contribution in [0.5, 0.6) is 0 Å². The van der Waals surface area contributed by atoms with Crippen molar-refractivity contribution in [2.45, 2.75) is 6.04 Å². The van der Waals surface area contributed by atoms with Crippen molar-refractivity contribution in [1.82, 2.24) is 10.3 Å². The van der Waals surface area contributed by atoms with Gasteiger partial charge in [0.25, 0.3) is 0 Å². The Kier molecular flexibility index (Phi) is 3.66. The van der Waals surface area contributed by atoms with Crippen molar-refractivity contribution in [3.63, 3.8) is 0 Å². The molecule has 2 aromatic rings. The monoisotopic (exact) mass is 273 g/mol. The molecular weight excluding hydrogens is 258 g/mol. The van der Waals surface area contributed by atoms with Crippen molar-refractivity contribution in [3.05, 3.63) is 36.7 Å². The van der Waals surface area contributed by atoms with Gasteiger partial charge in [0, 0.05) is 46.9 Å². The lowest BCUT2D eigenvalue weighted by molar-refractivity contribution is -0.117. The Hall–Kier alpha value is -1.59. The van der Waals surface area contributed by atoms with Crippen molar-refractivity contribution in [2.75, 3.05) is 23.4 Å². The third kappa shape index (κ3) is 2.72. The minimum absolute atomic E-state index is 0.0384. The molecule has 5 heteroatoms. The number of aromatic nitrogens is 1. The van der Waals surface area contributed by atoms with E-state index in [1.54, 1.807) is 12.4 Å². The maximum atomic E-state index is 12.2. The lowest BCUT2D eigenvalue weighted by atomic mass is 10.1. The van der Waals surface area contributed by atoms with Crippen LogP contribution in [0.2, 0.25) is 0 Å². The van der Waals surface area contributed by atoms with Crippen LogP contribution >= 0.6 is 11.8 Å². The summed E-state index contributed by atoms with van der Waals surface area (Å²) in [5.41, 5.74) is 0.849. The molecule has 19 heavy (non-hydrogen) atoms. The van der Waals surface area contributed by atoms with E-state index in [0.717, 1.165) is 34.5 Å². The summed E-state index contributed by atoms with van der Waals surface area (Å²) in [6.45, 7) is 0.891. The van der Waals surface area contributed by atoms with Crippen LogP contribution in [0.3, 0.4) is 0 Å². The normalized spacial score (nSPS) is 19.3. The zero-order chi connectivity index (χ0) is 13.1. The summed E-state index contributed by atoms with van der Waals surface area (Å²) < 4.78 is 0. The Bertz CT molecular complexity index is 591. The first kappa shape index (κ1) is 12.4. The van der Waals surface area contributed by atoms with Crippen LogP contribution in [0.15, 0.2) is 36.7 Å². The number of amides is 1. The van der Waals surface area contributed by atoms with Crippen molar-refractivity contribution in [1.29, 1.82) is 0 Å². The molecule has 0 radical (unpaired) electrons. The topological polar surface area (TPSA) is 54.0 Å². The molecule has 0 bridgehead atoms. The number of pyridine rings is 1. The van der Waals surface area contributed by atoms with Crippen molar-refractivity contribution in [2.24, 2.45) is 0 Å². The molecule has 2 N–H and O–H groups in total. The van der Waals surface area contributed by atoms with E-state index in [1.165, 1.54) is 0 Å². The van der Waals surface area contributed by atoms with Crippen LogP contribution in [0.25, 0.3) is 10.8 Å². The fourth-order valence-electron chi connectivity index (χ4n) is 2.19. The first-order valence-electron chi connectivity index (χ1n) is 6.29. The molecule has 98 valence electrons. The fraction of sp³-hybridized carbons (Fsp3) is 0.286. The maximum Gasteiger partial charge on any atom is 0.242 e. The Labute approximate surface area is 116 Å². The number of carbonyl (C=O) groups excluding carboxylic acids is 1. The average Bonchev–Trinajstić information content (AvgIpc) is 2.48. The van der Waals surface area contributed by atoms with Gasteiger partial charge < -0.3 is 10.6 Å². The van der Waals surface area contributed by atoms with Gasteiger partial charge in [-0.1, -0.05) is 12.1 Å². The molecule has 2 heterocycles. The Morgan fingerprint density at radius 3 is 3.21 bits per heavy atom. The Morgan fingerprint density at radius 2 is 2.37 bits per heavy atom. The smallest absolute Gasteiger partial charge is 0.242 e. The van der Waals surface area contributed by atoms with E-state index in [2.05, 4.69) is 15.6 Å². The van der Waals surface area contributed by atoms with Crippen LogP contribution in [-0.2, 0) is 4.79 Å². The third-order valence-electron chi connectivity index (χ3n) is 3.18. The van der Waals surface area contributed by atoms with Gasteiger partial charge in [-0.05, 0) is 12.1 Å². The Balaban J connectivity index is 1.82. The summed E-state index contributed by atoms with van der Waals surface area (Å²) in [7, 11) is 0. The van der Waals surface area contributed by atoms with Gasteiger partial charge in [0.1, 0.15) is 0 Å². The van der Waals surface area contributed by atoms with E-state index >= 15 is 0 Å². The number of nitrogens with zero attached hydrogens (tertiary/aromatic N) is 1. The Morgan fingerprint density at radius 1 is 1.42 bits per heavy atom. The molecule has 1 aliphatic rings. The minimum Gasteiger partial charge on any atom is -0.324 e. The third-order valence-corrected chi connectivity index (χ3v) is 4.24.